The Morgan fingerprint density at radius 1 is 1.03 bits per heavy atom. The van der Waals surface area contributed by atoms with Crippen molar-refractivity contribution in [2.75, 3.05) is 12.4 Å². The Morgan fingerprint density at radius 3 is 2.57 bits per heavy atom. The lowest BCUT2D eigenvalue weighted by Gasteiger charge is -2.14. The molecule has 0 aliphatic heterocycles. The van der Waals surface area contributed by atoms with Crippen LogP contribution in [0.5, 0.6) is 5.75 Å². The highest BCUT2D eigenvalue weighted by molar-refractivity contribution is 7.17. The van der Waals surface area contributed by atoms with Gasteiger partial charge in [-0.2, -0.15) is 0 Å². The topological polar surface area (TPSA) is 63.2 Å². The summed E-state index contributed by atoms with van der Waals surface area (Å²) in [7, 11) is 1.63. The van der Waals surface area contributed by atoms with Gasteiger partial charge in [-0.15, -0.1) is 0 Å². The number of hydrogen-bond donors (Lipinski definition) is 2. The predicted molar refractivity (Wildman–Crippen MR) is 123 cm³/mol. The molecule has 152 valence electrons. The van der Waals surface area contributed by atoms with Crippen molar-refractivity contribution in [1.82, 2.24) is 10.3 Å². The van der Waals surface area contributed by atoms with Crippen LogP contribution in [0.15, 0.2) is 66.7 Å². The molecule has 0 saturated heterocycles. The molecule has 3 aromatic carbocycles. The van der Waals surface area contributed by atoms with Crippen LogP contribution in [-0.2, 0) is 0 Å². The normalized spacial score (nSPS) is 11.8. The van der Waals surface area contributed by atoms with Crippen molar-refractivity contribution in [2.24, 2.45) is 0 Å². The Labute approximate surface area is 179 Å². The standard InChI is InChI=1S/C24H23N3O2S/c1-15(18-13-12-17-8-4-5-9-19(17)14-18)25-23(28)22-16(2)26-24(30-22)27-20-10-6-7-11-21(20)29-3/h4-15H,1-3H3,(H,25,28)(H,26,27)/t15-/m0/s1. The van der Waals surface area contributed by atoms with Gasteiger partial charge in [0.2, 0.25) is 0 Å². The van der Waals surface area contributed by atoms with Crippen LogP contribution in [0.1, 0.15) is 33.9 Å². The maximum atomic E-state index is 12.9. The van der Waals surface area contributed by atoms with Gasteiger partial charge in [-0.05, 0) is 48.4 Å². The Hall–Kier alpha value is -3.38. The number of aryl methyl sites for hydroxylation is 1. The third-order valence-corrected chi connectivity index (χ3v) is 6.04. The number of benzene rings is 3. The fraction of sp³-hybridized carbons (Fsp3) is 0.167. The molecule has 0 aliphatic rings. The quantitative estimate of drug-likeness (QED) is 0.413. The molecule has 2 N–H and O–H groups in total. The molecule has 0 spiro atoms. The number of fused-ring (bicyclic) bond motifs is 1. The van der Waals surface area contributed by atoms with Crippen molar-refractivity contribution in [3.05, 3.63) is 82.9 Å². The number of hydrogen-bond acceptors (Lipinski definition) is 5. The Bertz CT molecular complexity index is 1200. The number of ether oxygens (including phenoxy) is 1. The van der Waals surface area contributed by atoms with E-state index in [4.69, 9.17) is 4.74 Å². The van der Waals surface area contributed by atoms with E-state index in [1.807, 2.05) is 50.2 Å². The van der Waals surface area contributed by atoms with E-state index in [2.05, 4.69) is 45.9 Å². The average Bonchev–Trinajstić information content (AvgIpc) is 3.13. The van der Waals surface area contributed by atoms with Gasteiger partial charge in [0.1, 0.15) is 10.6 Å². The number of aromatic nitrogens is 1. The number of nitrogens with zero attached hydrogens (tertiary/aromatic N) is 1. The fourth-order valence-electron chi connectivity index (χ4n) is 3.35. The summed E-state index contributed by atoms with van der Waals surface area (Å²) in [5.41, 5.74) is 2.57. The first-order valence-electron chi connectivity index (χ1n) is 9.72. The van der Waals surface area contributed by atoms with Crippen LogP contribution in [-0.4, -0.2) is 18.0 Å². The number of anilines is 2. The van der Waals surface area contributed by atoms with Crippen molar-refractivity contribution in [3.8, 4) is 5.75 Å². The van der Waals surface area contributed by atoms with Gasteiger partial charge in [0.25, 0.3) is 5.91 Å². The molecule has 5 nitrogen and oxygen atoms in total. The number of rotatable bonds is 6. The van der Waals surface area contributed by atoms with Gasteiger partial charge < -0.3 is 15.4 Å². The summed E-state index contributed by atoms with van der Waals surface area (Å²) >= 11 is 1.33. The van der Waals surface area contributed by atoms with Crippen LogP contribution in [0.25, 0.3) is 10.8 Å². The highest BCUT2D eigenvalue weighted by atomic mass is 32.1. The summed E-state index contributed by atoms with van der Waals surface area (Å²) < 4.78 is 5.37. The van der Waals surface area contributed by atoms with Crippen molar-refractivity contribution in [3.63, 3.8) is 0 Å². The number of carbonyl (C=O) groups excluding carboxylic acids is 1. The molecule has 0 saturated carbocycles. The first-order valence-corrected chi connectivity index (χ1v) is 10.5. The number of carbonyl (C=O) groups is 1. The third kappa shape index (κ3) is 4.14. The molecular weight excluding hydrogens is 394 g/mol. The number of methoxy groups -OCH3 is 1. The molecule has 0 unspecified atom stereocenters. The second kappa shape index (κ2) is 8.55. The van der Waals surface area contributed by atoms with E-state index in [0.29, 0.717) is 15.7 Å². The van der Waals surface area contributed by atoms with Crippen molar-refractivity contribution in [2.45, 2.75) is 19.9 Å². The molecule has 4 rings (SSSR count). The van der Waals surface area contributed by atoms with Crippen molar-refractivity contribution >= 4 is 38.8 Å². The summed E-state index contributed by atoms with van der Waals surface area (Å²) in [5.74, 6) is 0.597. The maximum Gasteiger partial charge on any atom is 0.263 e. The molecule has 1 amide bonds. The minimum absolute atomic E-state index is 0.116. The molecule has 0 fully saturated rings. The molecular formula is C24H23N3O2S. The first-order chi connectivity index (χ1) is 14.5. The first kappa shape index (κ1) is 19.9. The van der Waals surface area contributed by atoms with E-state index < -0.39 is 0 Å². The molecule has 0 bridgehead atoms. The highest BCUT2D eigenvalue weighted by Gasteiger charge is 2.18. The zero-order valence-corrected chi connectivity index (χ0v) is 17.9. The molecule has 6 heteroatoms. The van der Waals surface area contributed by atoms with Crippen LogP contribution in [0.2, 0.25) is 0 Å². The lowest BCUT2D eigenvalue weighted by Crippen LogP contribution is -2.26. The van der Waals surface area contributed by atoms with E-state index in [0.717, 1.165) is 22.4 Å². The highest BCUT2D eigenvalue weighted by Crippen LogP contribution is 2.31. The van der Waals surface area contributed by atoms with Gasteiger partial charge in [-0.1, -0.05) is 59.9 Å². The predicted octanol–water partition coefficient (Wildman–Crippen LogP) is 5.85. The molecule has 30 heavy (non-hydrogen) atoms. The second-order valence-electron chi connectivity index (χ2n) is 7.06. The van der Waals surface area contributed by atoms with E-state index >= 15 is 0 Å². The zero-order valence-electron chi connectivity index (χ0n) is 17.1. The van der Waals surface area contributed by atoms with Gasteiger partial charge >= 0.3 is 0 Å². The van der Waals surface area contributed by atoms with E-state index in [1.54, 1.807) is 7.11 Å². The van der Waals surface area contributed by atoms with Gasteiger partial charge in [-0.25, -0.2) is 4.98 Å². The summed E-state index contributed by atoms with van der Waals surface area (Å²) in [6.45, 7) is 3.84. The van der Waals surface area contributed by atoms with E-state index in [-0.39, 0.29) is 11.9 Å². The molecule has 0 radical (unpaired) electrons. The molecule has 1 aromatic heterocycles. The van der Waals surface area contributed by atoms with Gasteiger partial charge in [0.05, 0.1) is 24.5 Å². The molecule has 0 aliphatic carbocycles. The minimum atomic E-state index is -0.126. The lowest BCUT2D eigenvalue weighted by atomic mass is 10.0. The molecule has 4 aromatic rings. The monoisotopic (exact) mass is 417 g/mol. The summed E-state index contributed by atoms with van der Waals surface area (Å²) in [6.07, 6.45) is 0. The fourth-order valence-corrected chi connectivity index (χ4v) is 4.23. The van der Waals surface area contributed by atoms with Crippen LogP contribution in [0.4, 0.5) is 10.8 Å². The van der Waals surface area contributed by atoms with Gasteiger partial charge in [-0.3, -0.25) is 4.79 Å². The number of para-hydroxylation sites is 2. The summed E-state index contributed by atoms with van der Waals surface area (Å²) in [5, 5.41) is 9.34. The molecule has 1 heterocycles. The Kier molecular flexibility index (Phi) is 5.68. The van der Waals surface area contributed by atoms with E-state index in [1.165, 1.54) is 16.7 Å². The van der Waals surface area contributed by atoms with E-state index in [9.17, 15) is 4.79 Å². The van der Waals surface area contributed by atoms with Crippen LogP contribution < -0.4 is 15.4 Å². The second-order valence-corrected chi connectivity index (χ2v) is 8.06. The SMILES string of the molecule is COc1ccccc1Nc1nc(C)c(C(=O)N[C@@H](C)c2ccc3ccccc3c2)s1. The lowest BCUT2D eigenvalue weighted by molar-refractivity contribution is 0.0943. The smallest absolute Gasteiger partial charge is 0.263 e. The summed E-state index contributed by atoms with van der Waals surface area (Å²) in [6, 6.07) is 22.0. The Morgan fingerprint density at radius 2 is 1.77 bits per heavy atom. The van der Waals surface area contributed by atoms with Gasteiger partial charge in [0.15, 0.2) is 5.13 Å². The third-order valence-electron chi connectivity index (χ3n) is 4.97. The minimum Gasteiger partial charge on any atom is -0.495 e. The van der Waals surface area contributed by atoms with Crippen LogP contribution in [0, 0.1) is 6.92 Å². The number of thiazole rings is 1. The molecule has 1 atom stereocenters. The maximum absolute atomic E-state index is 12.9. The summed E-state index contributed by atoms with van der Waals surface area (Å²) in [4.78, 5) is 18.0. The number of nitrogens with one attached hydrogen (secondary N) is 2. The number of amides is 1. The van der Waals surface area contributed by atoms with Crippen molar-refractivity contribution < 1.29 is 9.53 Å². The van der Waals surface area contributed by atoms with Crippen LogP contribution >= 0.6 is 11.3 Å². The Balaban J connectivity index is 1.50. The zero-order chi connectivity index (χ0) is 21.1. The van der Waals surface area contributed by atoms with Gasteiger partial charge in [0, 0.05) is 0 Å². The average molecular weight is 418 g/mol. The van der Waals surface area contributed by atoms with Crippen molar-refractivity contribution in [1.29, 1.82) is 0 Å². The largest absolute Gasteiger partial charge is 0.495 e. The van der Waals surface area contributed by atoms with Crippen LogP contribution in [0.3, 0.4) is 0 Å².